The second-order valence-corrected chi connectivity index (χ2v) is 7.44. The molecular formula is C20H20Cl2O6. The van der Waals surface area contributed by atoms with Crippen molar-refractivity contribution in [1.29, 1.82) is 0 Å². The van der Waals surface area contributed by atoms with Gasteiger partial charge in [0.2, 0.25) is 0 Å². The lowest BCUT2D eigenvalue weighted by Crippen LogP contribution is -2.43. The number of halogens is 2. The number of benzene rings is 2. The molecule has 2 unspecified atom stereocenters. The molecule has 28 heavy (non-hydrogen) atoms. The fraction of sp³-hybridized carbons (Fsp3) is 0.400. The highest BCUT2D eigenvalue weighted by Gasteiger charge is 2.50. The minimum atomic E-state index is -0.875. The molecule has 0 saturated carbocycles. The molecule has 2 heterocycles. The third-order valence-electron chi connectivity index (χ3n) is 4.89. The van der Waals surface area contributed by atoms with E-state index in [-0.39, 0.29) is 13.2 Å². The van der Waals surface area contributed by atoms with Crippen LogP contribution in [0.3, 0.4) is 0 Å². The SMILES string of the molecule is OC[C@@H]1OC(c2ccccc2Cl)O[C@H](CO)[C@@H]2OC(c3ccccc3Cl)O[C@H]21. The molecule has 0 aromatic heterocycles. The number of ether oxygens (including phenoxy) is 4. The van der Waals surface area contributed by atoms with Gasteiger partial charge in [0.15, 0.2) is 12.6 Å². The van der Waals surface area contributed by atoms with Crippen molar-refractivity contribution in [3.63, 3.8) is 0 Å². The van der Waals surface area contributed by atoms with Gasteiger partial charge in [-0.2, -0.15) is 0 Å². The molecule has 4 rings (SSSR count). The Kier molecular flexibility index (Phi) is 6.20. The van der Waals surface area contributed by atoms with Crippen LogP contribution >= 0.6 is 23.2 Å². The summed E-state index contributed by atoms with van der Waals surface area (Å²) in [5, 5.41) is 20.8. The molecule has 0 radical (unpaired) electrons. The van der Waals surface area contributed by atoms with Crippen molar-refractivity contribution in [2.75, 3.05) is 13.2 Å². The number of aliphatic hydroxyl groups is 2. The molecule has 0 amide bonds. The van der Waals surface area contributed by atoms with Gasteiger partial charge in [-0.1, -0.05) is 59.6 Å². The van der Waals surface area contributed by atoms with Crippen LogP contribution in [0.15, 0.2) is 48.5 Å². The molecule has 2 aromatic rings. The lowest BCUT2D eigenvalue weighted by Gasteiger charge is -2.25. The highest BCUT2D eigenvalue weighted by atomic mass is 35.5. The summed E-state index contributed by atoms with van der Waals surface area (Å²) in [5.41, 5.74) is 1.26. The van der Waals surface area contributed by atoms with E-state index < -0.39 is 37.0 Å². The fourth-order valence-electron chi connectivity index (χ4n) is 3.49. The summed E-state index contributed by atoms with van der Waals surface area (Å²) in [6.45, 7) is -0.634. The Balaban J connectivity index is 1.63. The Bertz CT molecular complexity index is 797. The van der Waals surface area contributed by atoms with Crippen LogP contribution in [-0.4, -0.2) is 47.8 Å². The highest BCUT2D eigenvalue weighted by Crippen LogP contribution is 2.42. The first kappa shape index (κ1) is 20.1. The molecule has 6 nitrogen and oxygen atoms in total. The molecule has 0 aliphatic carbocycles. The van der Waals surface area contributed by atoms with Crippen LogP contribution in [0.4, 0.5) is 0 Å². The Morgan fingerprint density at radius 2 is 1.04 bits per heavy atom. The largest absolute Gasteiger partial charge is 0.394 e. The van der Waals surface area contributed by atoms with Gasteiger partial charge in [-0.05, 0) is 12.1 Å². The van der Waals surface area contributed by atoms with Gasteiger partial charge in [0.1, 0.15) is 24.4 Å². The maximum atomic E-state index is 9.93. The smallest absolute Gasteiger partial charge is 0.186 e. The van der Waals surface area contributed by atoms with Crippen molar-refractivity contribution >= 4 is 23.2 Å². The van der Waals surface area contributed by atoms with Crippen molar-refractivity contribution in [2.45, 2.75) is 37.0 Å². The molecule has 2 aliphatic rings. The standard InChI is InChI=1S/C20H20Cl2O6/c21-13-7-3-1-5-11(13)19-25-15(9-23)17-18(16(10-24)26-19)28-20(27-17)12-6-2-4-8-14(12)22/h1-8,15-20,23-24H,9-10H2/t15-,16+,17-,18-,19?,20?/m0/s1. The summed E-state index contributed by atoms with van der Waals surface area (Å²) in [6, 6.07) is 14.3. The number of hydrogen-bond donors (Lipinski definition) is 2. The lowest BCUT2D eigenvalue weighted by molar-refractivity contribution is -0.223. The molecule has 2 aliphatic heterocycles. The van der Waals surface area contributed by atoms with E-state index in [1.807, 2.05) is 18.2 Å². The van der Waals surface area contributed by atoms with Gasteiger partial charge in [-0.3, -0.25) is 0 Å². The fourth-order valence-corrected chi connectivity index (χ4v) is 3.94. The third-order valence-corrected chi connectivity index (χ3v) is 5.58. The van der Waals surface area contributed by atoms with E-state index in [4.69, 9.17) is 42.1 Å². The van der Waals surface area contributed by atoms with Gasteiger partial charge in [0.25, 0.3) is 0 Å². The molecular weight excluding hydrogens is 407 g/mol. The van der Waals surface area contributed by atoms with E-state index in [1.165, 1.54) is 0 Å². The van der Waals surface area contributed by atoms with Crippen molar-refractivity contribution in [3.05, 3.63) is 69.7 Å². The minimum Gasteiger partial charge on any atom is -0.394 e. The van der Waals surface area contributed by atoms with Crippen LogP contribution in [0.25, 0.3) is 0 Å². The van der Waals surface area contributed by atoms with Gasteiger partial charge >= 0.3 is 0 Å². The molecule has 2 saturated heterocycles. The number of hydrogen-bond acceptors (Lipinski definition) is 6. The molecule has 2 aromatic carbocycles. The first-order valence-corrected chi connectivity index (χ1v) is 9.70. The second kappa shape index (κ2) is 8.65. The minimum absolute atomic E-state index is 0.317. The van der Waals surface area contributed by atoms with Gasteiger partial charge in [-0.15, -0.1) is 0 Å². The maximum absolute atomic E-state index is 9.93. The topological polar surface area (TPSA) is 77.4 Å². The average molecular weight is 427 g/mol. The van der Waals surface area contributed by atoms with E-state index in [9.17, 15) is 10.2 Å². The Hall–Kier alpha value is -1.22. The molecule has 2 fully saturated rings. The van der Waals surface area contributed by atoms with Crippen LogP contribution in [0, 0.1) is 0 Å². The van der Waals surface area contributed by atoms with Crippen molar-refractivity contribution in [1.82, 2.24) is 0 Å². The summed E-state index contributed by atoms with van der Waals surface area (Å²) in [6.07, 6.45) is -4.42. The summed E-state index contributed by atoms with van der Waals surface area (Å²) in [4.78, 5) is 0. The quantitative estimate of drug-likeness (QED) is 0.781. The van der Waals surface area contributed by atoms with Gasteiger partial charge in [-0.25, -0.2) is 0 Å². The molecule has 150 valence electrons. The van der Waals surface area contributed by atoms with Crippen LogP contribution in [0.1, 0.15) is 23.7 Å². The summed E-state index contributed by atoms with van der Waals surface area (Å²) in [5.74, 6) is 0. The number of aliphatic hydroxyl groups excluding tert-OH is 2. The predicted molar refractivity (Wildman–Crippen MR) is 102 cm³/mol. The van der Waals surface area contributed by atoms with Gasteiger partial charge in [0.05, 0.1) is 13.2 Å². The van der Waals surface area contributed by atoms with Gasteiger partial charge in [0, 0.05) is 21.2 Å². The van der Waals surface area contributed by atoms with Crippen LogP contribution in [-0.2, 0) is 18.9 Å². The monoisotopic (exact) mass is 426 g/mol. The number of rotatable bonds is 4. The van der Waals surface area contributed by atoms with E-state index in [0.29, 0.717) is 21.2 Å². The number of fused-ring (bicyclic) bond motifs is 1. The zero-order valence-electron chi connectivity index (χ0n) is 14.8. The Morgan fingerprint density at radius 1 is 0.643 bits per heavy atom. The molecule has 0 bridgehead atoms. The van der Waals surface area contributed by atoms with Crippen LogP contribution in [0.2, 0.25) is 10.0 Å². The third kappa shape index (κ3) is 3.79. The molecule has 8 heteroatoms. The highest BCUT2D eigenvalue weighted by molar-refractivity contribution is 6.31. The van der Waals surface area contributed by atoms with Crippen molar-refractivity contribution < 1.29 is 29.2 Å². The van der Waals surface area contributed by atoms with E-state index in [2.05, 4.69) is 0 Å². The molecule has 0 spiro atoms. The normalized spacial score (nSPS) is 32.7. The van der Waals surface area contributed by atoms with Crippen LogP contribution in [0.5, 0.6) is 0 Å². The molecule has 2 N–H and O–H groups in total. The predicted octanol–water partition coefficient (Wildman–Crippen LogP) is 3.24. The molecule has 6 atom stereocenters. The lowest BCUT2D eigenvalue weighted by atomic mass is 10.0. The Labute approximate surface area is 172 Å². The zero-order valence-corrected chi connectivity index (χ0v) is 16.3. The van der Waals surface area contributed by atoms with E-state index in [0.717, 1.165) is 0 Å². The second-order valence-electron chi connectivity index (χ2n) is 6.62. The average Bonchev–Trinajstić information content (AvgIpc) is 3.08. The van der Waals surface area contributed by atoms with Crippen molar-refractivity contribution in [3.8, 4) is 0 Å². The summed E-state index contributed by atoms with van der Waals surface area (Å²) >= 11 is 12.5. The maximum Gasteiger partial charge on any atom is 0.186 e. The van der Waals surface area contributed by atoms with Gasteiger partial charge < -0.3 is 29.2 Å². The summed E-state index contributed by atoms with van der Waals surface area (Å²) in [7, 11) is 0. The van der Waals surface area contributed by atoms with Crippen molar-refractivity contribution in [2.24, 2.45) is 0 Å². The zero-order chi connectivity index (χ0) is 19.7. The summed E-state index contributed by atoms with van der Waals surface area (Å²) < 4.78 is 24.1. The Morgan fingerprint density at radius 3 is 1.43 bits per heavy atom. The van der Waals surface area contributed by atoms with Crippen LogP contribution < -0.4 is 0 Å². The van der Waals surface area contributed by atoms with E-state index in [1.54, 1.807) is 30.3 Å². The first-order chi connectivity index (χ1) is 13.6. The first-order valence-electron chi connectivity index (χ1n) is 8.94. The van der Waals surface area contributed by atoms with E-state index >= 15 is 0 Å².